The number of carbonyl (C=O) groups is 1. The van der Waals surface area contributed by atoms with Gasteiger partial charge in [0.2, 0.25) is 5.91 Å². The Morgan fingerprint density at radius 1 is 1.35 bits per heavy atom. The van der Waals surface area contributed by atoms with E-state index in [4.69, 9.17) is 14.6 Å². The van der Waals surface area contributed by atoms with Crippen molar-refractivity contribution in [3.05, 3.63) is 12.7 Å². The van der Waals surface area contributed by atoms with Crippen LogP contribution in [0.5, 0.6) is 0 Å². The van der Waals surface area contributed by atoms with Crippen LogP contribution in [-0.4, -0.2) is 87.5 Å². The summed E-state index contributed by atoms with van der Waals surface area (Å²) in [6.45, 7) is 4.26. The summed E-state index contributed by atoms with van der Waals surface area (Å²) >= 11 is 0. The van der Waals surface area contributed by atoms with Crippen LogP contribution < -0.4 is 5.32 Å². The van der Waals surface area contributed by atoms with Crippen LogP contribution in [0.2, 0.25) is 0 Å². The van der Waals surface area contributed by atoms with Gasteiger partial charge in [-0.05, 0) is 0 Å². The number of hydrogen-bond acceptors (Lipinski definition) is 8. The Hall–Kier alpha value is -1.07. The minimum atomic E-state index is -1.56. The summed E-state index contributed by atoms with van der Waals surface area (Å²) in [6, 6.07) is -0.827. The molecule has 134 valence electrons. The van der Waals surface area contributed by atoms with E-state index in [1.165, 1.54) is 6.08 Å². The van der Waals surface area contributed by atoms with Crippen LogP contribution in [-0.2, 0) is 14.3 Å². The Bertz CT molecular complexity index is 391. The van der Waals surface area contributed by atoms with Gasteiger partial charge in [-0.25, -0.2) is 0 Å². The minimum Gasteiger partial charge on any atom is -0.394 e. The van der Waals surface area contributed by atoms with E-state index in [1.807, 2.05) is 0 Å². The van der Waals surface area contributed by atoms with Gasteiger partial charge in [0, 0.05) is 6.42 Å². The van der Waals surface area contributed by atoms with Crippen molar-refractivity contribution in [2.45, 2.75) is 56.2 Å². The molecule has 1 heterocycles. The van der Waals surface area contributed by atoms with Crippen molar-refractivity contribution in [2.75, 3.05) is 13.2 Å². The lowest BCUT2D eigenvalue weighted by molar-refractivity contribution is -0.302. The summed E-state index contributed by atoms with van der Waals surface area (Å²) in [5.74, 6) is -0.312. The van der Waals surface area contributed by atoms with Crippen LogP contribution in [0.25, 0.3) is 0 Å². The van der Waals surface area contributed by atoms with E-state index in [9.17, 15) is 25.2 Å². The normalized spacial score (nSPS) is 33.7. The summed E-state index contributed by atoms with van der Waals surface area (Å²) in [5, 5.41) is 50.6. The highest BCUT2D eigenvalue weighted by molar-refractivity contribution is 5.75. The highest BCUT2D eigenvalue weighted by Gasteiger charge is 2.44. The summed E-state index contributed by atoms with van der Waals surface area (Å²) in [4.78, 5) is 11.5. The lowest BCUT2D eigenvalue weighted by atomic mass is 9.99. The highest BCUT2D eigenvalue weighted by Crippen LogP contribution is 2.22. The van der Waals surface area contributed by atoms with Gasteiger partial charge in [0.15, 0.2) is 6.29 Å². The van der Waals surface area contributed by atoms with Crippen LogP contribution in [0.1, 0.15) is 13.3 Å². The van der Waals surface area contributed by atoms with Crippen LogP contribution >= 0.6 is 0 Å². The molecule has 0 aromatic rings. The van der Waals surface area contributed by atoms with Crippen LogP contribution in [0.4, 0.5) is 0 Å². The third-order valence-corrected chi connectivity index (χ3v) is 3.61. The second-order valence-corrected chi connectivity index (χ2v) is 5.28. The fourth-order valence-corrected chi connectivity index (χ4v) is 2.10. The number of ether oxygens (including phenoxy) is 2. The molecule has 1 aliphatic heterocycles. The van der Waals surface area contributed by atoms with E-state index in [0.717, 1.165) is 0 Å². The topological polar surface area (TPSA) is 149 Å². The number of hydrogen-bond donors (Lipinski definition) is 6. The van der Waals surface area contributed by atoms with Gasteiger partial charge in [0.1, 0.15) is 24.4 Å². The van der Waals surface area contributed by atoms with Gasteiger partial charge in [0.05, 0.1) is 25.4 Å². The largest absolute Gasteiger partial charge is 0.394 e. The molecule has 0 saturated carbocycles. The van der Waals surface area contributed by atoms with Crippen molar-refractivity contribution < 1.29 is 39.8 Å². The second kappa shape index (κ2) is 9.28. The molecule has 0 radical (unpaired) electrons. The first-order valence-electron chi connectivity index (χ1n) is 7.37. The zero-order chi connectivity index (χ0) is 17.6. The molecule has 1 saturated heterocycles. The SMILES string of the molecule is C=C[C@@H](O)[C@H](CO[C@H]1OC(CO)[C@H](O)C(O)[C@@H]1O)NC(=O)CC. The summed E-state index contributed by atoms with van der Waals surface area (Å²) in [7, 11) is 0. The molecule has 1 aliphatic rings. The maximum Gasteiger partial charge on any atom is 0.220 e. The van der Waals surface area contributed by atoms with Crippen molar-refractivity contribution in [3.8, 4) is 0 Å². The molecule has 6 N–H and O–H groups in total. The Morgan fingerprint density at radius 2 is 2.00 bits per heavy atom. The maximum atomic E-state index is 11.5. The van der Waals surface area contributed by atoms with Gasteiger partial charge >= 0.3 is 0 Å². The Balaban J connectivity index is 2.67. The third-order valence-electron chi connectivity index (χ3n) is 3.61. The quantitative estimate of drug-likeness (QED) is 0.261. The van der Waals surface area contributed by atoms with E-state index in [-0.39, 0.29) is 18.9 Å². The average molecular weight is 335 g/mol. The number of aliphatic hydroxyl groups excluding tert-OH is 5. The van der Waals surface area contributed by atoms with Gasteiger partial charge in [-0.15, -0.1) is 6.58 Å². The van der Waals surface area contributed by atoms with Gasteiger partial charge in [-0.2, -0.15) is 0 Å². The van der Waals surface area contributed by atoms with E-state index < -0.39 is 49.5 Å². The van der Waals surface area contributed by atoms with Gasteiger partial charge in [-0.3, -0.25) is 4.79 Å². The molecule has 1 rings (SSSR count). The van der Waals surface area contributed by atoms with Gasteiger partial charge in [-0.1, -0.05) is 13.0 Å². The summed E-state index contributed by atoms with van der Waals surface area (Å²) < 4.78 is 10.5. The predicted molar refractivity (Wildman–Crippen MR) is 78.1 cm³/mol. The van der Waals surface area contributed by atoms with Crippen molar-refractivity contribution in [1.82, 2.24) is 5.32 Å². The van der Waals surface area contributed by atoms with Gasteiger partial charge < -0.3 is 40.3 Å². The highest BCUT2D eigenvalue weighted by atomic mass is 16.7. The molecular formula is C14H25NO8. The minimum absolute atomic E-state index is 0.209. The fourth-order valence-electron chi connectivity index (χ4n) is 2.10. The summed E-state index contributed by atoms with van der Waals surface area (Å²) in [5.41, 5.74) is 0. The van der Waals surface area contributed by atoms with E-state index in [1.54, 1.807) is 6.92 Å². The average Bonchev–Trinajstić information content (AvgIpc) is 2.56. The zero-order valence-corrected chi connectivity index (χ0v) is 12.9. The Morgan fingerprint density at radius 3 is 2.52 bits per heavy atom. The molecule has 1 fully saturated rings. The van der Waals surface area contributed by atoms with E-state index in [2.05, 4.69) is 11.9 Å². The molecule has 0 aromatic carbocycles. The number of nitrogens with one attached hydrogen (secondary N) is 1. The summed E-state index contributed by atoms with van der Waals surface area (Å²) in [6.07, 6.45) is -6.66. The molecule has 0 spiro atoms. The Labute approximate surface area is 134 Å². The monoisotopic (exact) mass is 335 g/mol. The third kappa shape index (κ3) is 5.21. The standard InChI is InChI=1S/C14H25NO8/c1-3-8(17)7(15-10(18)4-2)6-22-14-13(21)12(20)11(19)9(5-16)23-14/h3,7-9,11-14,16-17,19-21H,1,4-6H2,2H3,(H,15,18)/t7-,8+,9?,11-,12?,13-,14-/m0/s1. The predicted octanol–water partition coefficient (Wildman–Crippen LogP) is -2.76. The molecule has 0 bridgehead atoms. The number of carbonyl (C=O) groups excluding carboxylic acids is 1. The Kier molecular flexibility index (Phi) is 8.06. The molecule has 9 heteroatoms. The van der Waals surface area contributed by atoms with E-state index >= 15 is 0 Å². The van der Waals surface area contributed by atoms with Gasteiger partial charge in [0.25, 0.3) is 0 Å². The van der Waals surface area contributed by atoms with Crippen molar-refractivity contribution in [2.24, 2.45) is 0 Å². The zero-order valence-electron chi connectivity index (χ0n) is 12.9. The first kappa shape index (κ1) is 20.0. The van der Waals surface area contributed by atoms with Crippen LogP contribution in [0, 0.1) is 0 Å². The molecule has 2 unspecified atom stereocenters. The molecule has 0 aromatic heterocycles. The van der Waals surface area contributed by atoms with Crippen molar-refractivity contribution in [1.29, 1.82) is 0 Å². The number of amides is 1. The molecule has 0 aliphatic carbocycles. The molecular weight excluding hydrogens is 310 g/mol. The smallest absolute Gasteiger partial charge is 0.220 e. The molecule has 1 amide bonds. The first-order valence-corrected chi connectivity index (χ1v) is 7.37. The lowest BCUT2D eigenvalue weighted by Crippen LogP contribution is -2.60. The van der Waals surface area contributed by atoms with Crippen LogP contribution in [0.15, 0.2) is 12.7 Å². The van der Waals surface area contributed by atoms with Crippen LogP contribution in [0.3, 0.4) is 0 Å². The van der Waals surface area contributed by atoms with Crippen molar-refractivity contribution >= 4 is 5.91 Å². The second-order valence-electron chi connectivity index (χ2n) is 5.28. The van der Waals surface area contributed by atoms with E-state index in [0.29, 0.717) is 0 Å². The fraction of sp³-hybridized carbons (Fsp3) is 0.786. The van der Waals surface area contributed by atoms with Crippen molar-refractivity contribution in [3.63, 3.8) is 0 Å². The lowest BCUT2D eigenvalue weighted by Gasteiger charge is -2.40. The number of rotatable bonds is 8. The number of aliphatic hydroxyl groups is 5. The maximum absolute atomic E-state index is 11.5. The molecule has 23 heavy (non-hydrogen) atoms. The first-order chi connectivity index (χ1) is 10.8. The molecule has 9 nitrogen and oxygen atoms in total. The molecule has 7 atom stereocenters.